The Balaban J connectivity index is 1.16. The van der Waals surface area contributed by atoms with Crippen LogP contribution in [0.1, 0.15) is 38.5 Å². The molecule has 3 fully saturated rings. The SMILES string of the molecule is O=C(CCCCC1SC[C@H]2NC(=O)N[C@@H]12)NCCSSCCC(=O)ON1C(=O)CC(S(=O)(=O)O)C1=O. The van der Waals surface area contributed by atoms with Gasteiger partial charge in [0.1, 0.15) is 0 Å². The molecule has 0 bridgehead atoms. The van der Waals surface area contributed by atoms with Crippen LogP contribution in [0.5, 0.6) is 0 Å². The van der Waals surface area contributed by atoms with E-state index in [0.717, 1.165) is 25.0 Å². The third-order valence-corrected chi connectivity index (χ3v) is 10.7. The standard InChI is InChI=1S/C19H28N4O9S4/c24-14(4-2-1-3-12-17-11(10-33-12)21-19(28)22-17)20-6-8-35-34-7-5-16(26)32-23-15(25)9-13(18(23)27)36(29,30)31/h11-13,17H,1-10H2,(H,20,24)(H2,21,22,28)(H,29,30,31)/t11-,12?,13?,17-/m1/s1. The number of urea groups is 1. The van der Waals surface area contributed by atoms with Gasteiger partial charge in [0.05, 0.1) is 24.9 Å². The predicted molar refractivity (Wildman–Crippen MR) is 134 cm³/mol. The first-order chi connectivity index (χ1) is 17.1. The molecule has 0 aromatic rings. The van der Waals surface area contributed by atoms with Crippen molar-refractivity contribution < 1.29 is 41.8 Å². The molecular weight excluding hydrogens is 556 g/mol. The zero-order valence-corrected chi connectivity index (χ0v) is 22.4. The minimum absolute atomic E-state index is 0.0277. The van der Waals surface area contributed by atoms with Gasteiger partial charge in [0.15, 0.2) is 5.25 Å². The highest BCUT2D eigenvalue weighted by Gasteiger charge is 2.48. The second-order valence-electron chi connectivity index (χ2n) is 8.31. The molecule has 0 saturated carbocycles. The van der Waals surface area contributed by atoms with Crippen molar-refractivity contribution in [1.29, 1.82) is 0 Å². The summed E-state index contributed by atoms with van der Waals surface area (Å²) in [5.41, 5.74) is 0. The lowest BCUT2D eigenvalue weighted by molar-refractivity contribution is -0.197. The minimum Gasteiger partial charge on any atom is -0.355 e. The summed E-state index contributed by atoms with van der Waals surface area (Å²) < 4.78 is 31.1. The normalized spacial score (nSPS) is 25.5. The predicted octanol–water partition coefficient (Wildman–Crippen LogP) is 0.0734. The van der Waals surface area contributed by atoms with Gasteiger partial charge in [0, 0.05) is 35.5 Å². The zero-order chi connectivity index (χ0) is 26.3. The highest BCUT2D eigenvalue weighted by molar-refractivity contribution is 8.76. The van der Waals surface area contributed by atoms with Gasteiger partial charge in [0.25, 0.3) is 21.9 Å². The number of carbonyl (C=O) groups is 5. The molecule has 0 radical (unpaired) electrons. The molecule has 3 rings (SSSR count). The first-order valence-electron chi connectivity index (χ1n) is 11.3. The Morgan fingerprint density at radius 3 is 2.61 bits per heavy atom. The van der Waals surface area contributed by atoms with Crippen LogP contribution in [0.15, 0.2) is 0 Å². The van der Waals surface area contributed by atoms with Crippen molar-refractivity contribution in [1.82, 2.24) is 21.0 Å². The molecule has 36 heavy (non-hydrogen) atoms. The quantitative estimate of drug-likeness (QED) is 0.0708. The van der Waals surface area contributed by atoms with Gasteiger partial charge < -0.3 is 20.8 Å². The number of unbranched alkanes of at least 4 members (excludes halogenated alkanes) is 1. The Labute approximate surface area is 220 Å². The van der Waals surface area contributed by atoms with E-state index in [9.17, 15) is 32.4 Å². The van der Waals surface area contributed by atoms with Crippen molar-refractivity contribution in [3.8, 4) is 0 Å². The maximum atomic E-state index is 12.0. The summed E-state index contributed by atoms with van der Waals surface area (Å²) in [6.07, 6.45) is 2.18. The van der Waals surface area contributed by atoms with E-state index in [1.807, 2.05) is 11.8 Å². The second-order valence-corrected chi connectivity index (χ2v) is 13.9. The maximum Gasteiger partial charge on any atom is 0.334 e. The van der Waals surface area contributed by atoms with Crippen LogP contribution in [-0.2, 0) is 34.1 Å². The molecule has 3 heterocycles. The van der Waals surface area contributed by atoms with Crippen LogP contribution in [0.25, 0.3) is 0 Å². The van der Waals surface area contributed by atoms with Crippen LogP contribution in [0.3, 0.4) is 0 Å². The maximum absolute atomic E-state index is 12.0. The molecule has 13 nitrogen and oxygen atoms in total. The summed E-state index contributed by atoms with van der Waals surface area (Å²) in [6, 6.07) is 0.281. The second kappa shape index (κ2) is 13.2. The fourth-order valence-electron chi connectivity index (χ4n) is 3.90. The lowest BCUT2D eigenvalue weighted by atomic mass is 10.0. The Morgan fingerprint density at radius 1 is 1.14 bits per heavy atom. The number of fused-ring (bicyclic) bond motifs is 1. The monoisotopic (exact) mass is 584 g/mol. The first-order valence-corrected chi connectivity index (χ1v) is 16.3. The smallest absolute Gasteiger partial charge is 0.334 e. The number of imide groups is 1. The fraction of sp³-hybridized carbons (Fsp3) is 0.737. The number of rotatable bonds is 14. The molecule has 4 N–H and O–H groups in total. The molecule has 3 saturated heterocycles. The van der Waals surface area contributed by atoms with E-state index in [1.165, 1.54) is 21.6 Å². The fourth-order valence-corrected chi connectivity index (χ4v) is 8.02. The van der Waals surface area contributed by atoms with Crippen LogP contribution < -0.4 is 16.0 Å². The number of hydrogen-bond donors (Lipinski definition) is 4. The van der Waals surface area contributed by atoms with E-state index in [2.05, 4.69) is 20.8 Å². The Morgan fingerprint density at radius 2 is 1.89 bits per heavy atom. The van der Waals surface area contributed by atoms with Crippen LogP contribution >= 0.6 is 33.3 Å². The molecule has 2 unspecified atom stereocenters. The molecule has 3 aliphatic rings. The zero-order valence-electron chi connectivity index (χ0n) is 19.2. The van der Waals surface area contributed by atoms with Crippen LogP contribution in [0.4, 0.5) is 4.79 Å². The molecule has 0 aliphatic carbocycles. The van der Waals surface area contributed by atoms with Gasteiger partial charge in [-0.05, 0) is 12.8 Å². The molecule has 0 spiro atoms. The van der Waals surface area contributed by atoms with Crippen molar-refractivity contribution in [3.63, 3.8) is 0 Å². The van der Waals surface area contributed by atoms with E-state index in [4.69, 9.17) is 4.55 Å². The molecule has 0 aromatic heterocycles. The van der Waals surface area contributed by atoms with Gasteiger partial charge in [-0.15, -0.1) is 5.06 Å². The summed E-state index contributed by atoms with van der Waals surface area (Å²) in [4.78, 5) is 63.3. The molecule has 202 valence electrons. The van der Waals surface area contributed by atoms with Gasteiger partial charge in [-0.25, -0.2) is 9.59 Å². The Hall–Kier alpha value is -1.69. The summed E-state index contributed by atoms with van der Waals surface area (Å²) in [6.45, 7) is 0.467. The number of carbonyl (C=O) groups excluding carboxylic acids is 5. The Bertz CT molecular complexity index is 980. The lowest BCUT2D eigenvalue weighted by Gasteiger charge is -2.16. The van der Waals surface area contributed by atoms with Gasteiger partial charge >= 0.3 is 12.0 Å². The third kappa shape index (κ3) is 8.16. The molecular formula is C19H28N4O9S4. The van der Waals surface area contributed by atoms with E-state index < -0.39 is 39.6 Å². The van der Waals surface area contributed by atoms with Crippen LogP contribution in [-0.4, -0.2) is 94.1 Å². The summed E-state index contributed by atoms with van der Waals surface area (Å²) >= 11 is 1.85. The molecule has 3 aliphatic heterocycles. The topological polar surface area (TPSA) is 188 Å². The van der Waals surface area contributed by atoms with Gasteiger partial charge in [0.2, 0.25) is 5.91 Å². The van der Waals surface area contributed by atoms with Gasteiger partial charge in [-0.2, -0.15) is 20.2 Å². The number of nitrogens with zero attached hydrogens (tertiary/aromatic N) is 1. The van der Waals surface area contributed by atoms with E-state index >= 15 is 0 Å². The Kier molecular flexibility index (Phi) is 10.6. The van der Waals surface area contributed by atoms with E-state index in [0.29, 0.717) is 29.7 Å². The highest BCUT2D eigenvalue weighted by Crippen LogP contribution is 2.33. The average molecular weight is 585 g/mol. The van der Waals surface area contributed by atoms with Crippen LogP contribution in [0, 0.1) is 0 Å². The largest absolute Gasteiger partial charge is 0.355 e. The first kappa shape index (κ1) is 28.9. The number of hydrogen-bond acceptors (Lipinski definition) is 11. The number of nitrogens with one attached hydrogen (secondary N) is 3. The van der Waals surface area contributed by atoms with Crippen molar-refractivity contribution >= 4 is 73.2 Å². The van der Waals surface area contributed by atoms with Gasteiger partial charge in [-0.3, -0.25) is 18.9 Å². The van der Waals surface area contributed by atoms with E-state index in [1.54, 1.807) is 0 Å². The van der Waals surface area contributed by atoms with Crippen molar-refractivity contribution in [3.05, 3.63) is 0 Å². The molecule has 5 amide bonds. The lowest BCUT2D eigenvalue weighted by Crippen LogP contribution is -2.36. The van der Waals surface area contributed by atoms with Crippen molar-refractivity contribution in [2.45, 2.75) is 61.1 Å². The van der Waals surface area contributed by atoms with Crippen molar-refractivity contribution in [2.24, 2.45) is 0 Å². The molecule has 0 aromatic carbocycles. The summed E-state index contributed by atoms with van der Waals surface area (Å²) in [5.74, 6) is -1.38. The summed E-state index contributed by atoms with van der Waals surface area (Å²) in [5, 5.41) is 7.22. The highest BCUT2D eigenvalue weighted by atomic mass is 33.1. The molecule has 4 atom stereocenters. The van der Waals surface area contributed by atoms with Crippen molar-refractivity contribution in [2.75, 3.05) is 23.8 Å². The summed E-state index contributed by atoms with van der Waals surface area (Å²) in [7, 11) is -1.99. The van der Waals surface area contributed by atoms with Gasteiger partial charge in [-0.1, -0.05) is 28.0 Å². The minimum atomic E-state index is -4.76. The number of amides is 5. The number of hydroxylamine groups is 2. The average Bonchev–Trinajstić information content (AvgIpc) is 3.44. The third-order valence-electron chi connectivity index (χ3n) is 5.68. The molecule has 17 heteroatoms. The number of thioether (sulfide) groups is 1. The van der Waals surface area contributed by atoms with Crippen LogP contribution in [0.2, 0.25) is 0 Å². The van der Waals surface area contributed by atoms with E-state index in [-0.39, 0.29) is 35.5 Å².